The van der Waals surface area contributed by atoms with E-state index in [9.17, 15) is 14.4 Å². The van der Waals surface area contributed by atoms with Gasteiger partial charge in [-0.2, -0.15) is 0 Å². The van der Waals surface area contributed by atoms with E-state index in [0.29, 0.717) is 17.5 Å². The minimum absolute atomic E-state index is 0.0290. The molecule has 0 spiro atoms. The Labute approximate surface area is 169 Å². The minimum Gasteiger partial charge on any atom is -0.433 e. The van der Waals surface area contributed by atoms with Gasteiger partial charge in [0.1, 0.15) is 6.04 Å². The highest BCUT2D eigenvalue weighted by molar-refractivity contribution is 5.96. The van der Waals surface area contributed by atoms with Crippen LogP contribution in [-0.4, -0.2) is 34.8 Å². The van der Waals surface area contributed by atoms with Gasteiger partial charge in [0.05, 0.1) is 5.56 Å². The van der Waals surface area contributed by atoms with Crippen LogP contribution < -0.4 is 5.32 Å². The molecule has 2 heterocycles. The van der Waals surface area contributed by atoms with Crippen LogP contribution in [0.1, 0.15) is 53.9 Å². The van der Waals surface area contributed by atoms with Crippen LogP contribution >= 0.6 is 0 Å². The third kappa shape index (κ3) is 3.88. The lowest BCUT2D eigenvalue weighted by Crippen LogP contribution is -2.48. The van der Waals surface area contributed by atoms with Crippen molar-refractivity contribution in [1.29, 1.82) is 0 Å². The lowest BCUT2D eigenvalue weighted by molar-refractivity contribution is -0.146. The molecule has 0 aromatic heterocycles. The molecule has 6 nitrogen and oxygen atoms in total. The third-order valence-corrected chi connectivity index (χ3v) is 5.57. The number of nitrogens with zero attached hydrogens (tertiary/aromatic N) is 1. The van der Waals surface area contributed by atoms with E-state index in [1.807, 2.05) is 25.1 Å². The zero-order chi connectivity index (χ0) is 20.4. The number of nitrogens with one attached hydrogen (secondary N) is 1. The monoisotopic (exact) mass is 392 g/mol. The van der Waals surface area contributed by atoms with E-state index in [1.165, 1.54) is 10.5 Å². The Morgan fingerprint density at radius 1 is 1.14 bits per heavy atom. The van der Waals surface area contributed by atoms with Crippen LogP contribution in [0.4, 0.5) is 0 Å². The van der Waals surface area contributed by atoms with Crippen molar-refractivity contribution in [2.24, 2.45) is 0 Å². The average molecular weight is 392 g/mol. The number of carbonyl (C=O) groups is 3. The Hall–Kier alpha value is -3.15. The van der Waals surface area contributed by atoms with Gasteiger partial charge in [-0.15, -0.1) is 0 Å². The molecular weight excluding hydrogens is 368 g/mol. The van der Waals surface area contributed by atoms with Crippen molar-refractivity contribution >= 4 is 17.8 Å². The zero-order valence-electron chi connectivity index (χ0n) is 16.3. The van der Waals surface area contributed by atoms with Crippen molar-refractivity contribution in [2.75, 3.05) is 0 Å². The SMILES string of the molecule is C[C@@H](CCc1ccccc1)NC(=O)[C@@H]1CCC(=O)N1[C@H]1OC(=O)c2ccccc21. The summed E-state index contributed by atoms with van der Waals surface area (Å²) in [4.78, 5) is 39.1. The Morgan fingerprint density at radius 2 is 1.86 bits per heavy atom. The maximum absolute atomic E-state index is 12.9. The summed E-state index contributed by atoms with van der Waals surface area (Å²) in [6.45, 7) is 1.97. The highest BCUT2D eigenvalue weighted by Crippen LogP contribution is 2.38. The number of aryl methyl sites for hydroxylation is 1. The van der Waals surface area contributed by atoms with Crippen molar-refractivity contribution in [2.45, 2.75) is 50.9 Å². The van der Waals surface area contributed by atoms with Gasteiger partial charge < -0.3 is 10.1 Å². The van der Waals surface area contributed by atoms with E-state index < -0.39 is 18.2 Å². The second kappa shape index (κ2) is 8.07. The number of hydrogen-bond donors (Lipinski definition) is 1. The van der Waals surface area contributed by atoms with Gasteiger partial charge in [-0.1, -0.05) is 48.5 Å². The van der Waals surface area contributed by atoms with Crippen LogP contribution in [0.5, 0.6) is 0 Å². The molecule has 2 aliphatic heterocycles. The van der Waals surface area contributed by atoms with Gasteiger partial charge in [0.2, 0.25) is 18.0 Å². The highest BCUT2D eigenvalue weighted by atomic mass is 16.6. The molecule has 29 heavy (non-hydrogen) atoms. The second-order valence-corrected chi connectivity index (χ2v) is 7.63. The highest BCUT2D eigenvalue weighted by Gasteiger charge is 2.46. The van der Waals surface area contributed by atoms with Crippen LogP contribution in [-0.2, 0) is 20.7 Å². The summed E-state index contributed by atoms with van der Waals surface area (Å²) in [6.07, 6.45) is 1.53. The lowest BCUT2D eigenvalue weighted by Gasteiger charge is -2.30. The fraction of sp³-hybridized carbons (Fsp3) is 0.348. The van der Waals surface area contributed by atoms with Crippen molar-refractivity contribution in [1.82, 2.24) is 10.2 Å². The molecule has 4 rings (SSSR count). The molecule has 1 fully saturated rings. The molecule has 2 amide bonds. The first kappa shape index (κ1) is 19.2. The number of benzene rings is 2. The molecule has 150 valence electrons. The van der Waals surface area contributed by atoms with Crippen LogP contribution in [0, 0.1) is 0 Å². The molecule has 0 bridgehead atoms. The molecule has 0 unspecified atom stereocenters. The average Bonchev–Trinajstić information content (AvgIpc) is 3.27. The van der Waals surface area contributed by atoms with E-state index in [2.05, 4.69) is 17.4 Å². The smallest absolute Gasteiger partial charge is 0.340 e. The fourth-order valence-corrected chi connectivity index (χ4v) is 4.03. The van der Waals surface area contributed by atoms with Gasteiger partial charge >= 0.3 is 5.97 Å². The summed E-state index contributed by atoms with van der Waals surface area (Å²) in [5.74, 6) is -0.825. The first-order chi connectivity index (χ1) is 14.0. The van der Waals surface area contributed by atoms with Gasteiger partial charge in [-0.05, 0) is 37.8 Å². The molecule has 1 saturated heterocycles. The standard InChI is InChI=1S/C23H24N2O4/c1-15(11-12-16-7-3-2-4-8-16)24-21(27)19-13-14-20(26)25(19)22-17-9-5-6-10-18(17)23(28)29-22/h2-10,15,19,22H,11-14H2,1H3,(H,24,27)/t15-,19-,22-/m0/s1. The molecule has 2 aliphatic rings. The minimum atomic E-state index is -0.830. The lowest BCUT2D eigenvalue weighted by atomic mass is 10.1. The predicted octanol–water partition coefficient (Wildman–Crippen LogP) is 2.98. The molecule has 6 heteroatoms. The number of cyclic esters (lactones) is 1. The molecular formula is C23H24N2O4. The normalized spacial score (nSPS) is 21.6. The van der Waals surface area contributed by atoms with Gasteiger partial charge in [0.25, 0.3) is 0 Å². The van der Waals surface area contributed by atoms with Gasteiger partial charge in [-0.3, -0.25) is 14.5 Å². The summed E-state index contributed by atoms with van der Waals surface area (Å²) in [7, 11) is 0. The van der Waals surface area contributed by atoms with Crippen molar-refractivity contribution < 1.29 is 19.1 Å². The van der Waals surface area contributed by atoms with Crippen molar-refractivity contribution in [3.63, 3.8) is 0 Å². The number of amides is 2. The first-order valence-corrected chi connectivity index (χ1v) is 10.00. The number of carbonyl (C=O) groups excluding carboxylic acids is 3. The molecule has 2 aromatic rings. The summed E-state index contributed by atoms with van der Waals surface area (Å²) in [6, 6.07) is 16.5. The van der Waals surface area contributed by atoms with E-state index >= 15 is 0 Å². The molecule has 0 radical (unpaired) electrons. The Morgan fingerprint density at radius 3 is 2.66 bits per heavy atom. The fourth-order valence-electron chi connectivity index (χ4n) is 4.03. The number of likely N-dealkylation sites (tertiary alicyclic amines) is 1. The Kier molecular flexibility index (Phi) is 5.34. The number of ether oxygens (including phenoxy) is 1. The largest absolute Gasteiger partial charge is 0.433 e. The van der Waals surface area contributed by atoms with Crippen LogP contribution in [0.25, 0.3) is 0 Å². The van der Waals surface area contributed by atoms with Crippen LogP contribution in [0.2, 0.25) is 0 Å². The van der Waals surface area contributed by atoms with Crippen molar-refractivity contribution in [3.8, 4) is 0 Å². The molecule has 0 aliphatic carbocycles. The Balaban J connectivity index is 1.43. The summed E-state index contributed by atoms with van der Waals surface area (Å²) in [5.41, 5.74) is 2.32. The molecule has 1 N–H and O–H groups in total. The summed E-state index contributed by atoms with van der Waals surface area (Å²) < 4.78 is 5.46. The van der Waals surface area contributed by atoms with E-state index in [4.69, 9.17) is 4.74 Å². The zero-order valence-corrected chi connectivity index (χ0v) is 16.3. The second-order valence-electron chi connectivity index (χ2n) is 7.63. The number of esters is 1. The first-order valence-electron chi connectivity index (χ1n) is 10.00. The summed E-state index contributed by atoms with van der Waals surface area (Å²) >= 11 is 0. The van der Waals surface area contributed by atoms with Crippen LogP contribution in [0.15, 0.2) is 54.6 Å². The van der Waals surface area contributed by atoms with Gasteiger partial charge in [0, 0.05) is 18.0 Å². The van der Waals surface area contributed by atoms with E-state index in [-0.39, 0.29) is 24.3 Å². The quantitative estimate of drug-likeness (QED) is 0.767. The molecule has 0 saturated carbocycles. The number of rotatable bonds is 6. The van der Waals surface area contributed by atoms with Crippen LogP contribution in [0.3, 0.4) is 0 Å². The maximum Gasteiger partial charge on any atom is 0.340 e. The summed E-state index contributed by atoms with van der Waals surface area (Å²) in [5, 5.41) is 3.03. The van der Waals surface area contributed by atoms with E-state index in [0.717, 1.165) is 12.8 Å². The maximum atomic E-state index is 12.9. The topological polar surface area (TPSA) is 75.7 Å². The van der Waals surface area contributed by atoms with Gasteiger partial charge in [0.15, 0.2) is 0 Å². The van der Waals surface area contributed by atoms with E-state index in [1.54, 1.807) is 24.3 Å². The molecule has 3 atom stereocenters. The van der Waals surface area contributed by atoms with Crippen molar-refractivity contribution in [3.05, 3.63) is 71.3 Å². The van der Waals surface area contributed by atoms with Gasteiger partial charge in [-0.25, -0.2) is 4.79 Å². The predicted molar refractivity (Wildman–Crippen MR) is 107 cm³/mol. The number of fused-ring (bicyclic) bond motifs is 1. The Bertz CT molecular complexity index is 927. The molecule has 2 aromatic carbocycles. The third-order valence-electron chi connectivity index (χ3n) is 5.57. The number of hydrogen-bond acceptors (Lipinski definition) is 4.